The van der Waals surface area contributed by atoms with Crippen LogP contribution in [0.15, 0.2) is 18.2 Å². The summed E-state index contributed by atoms with van der Waals surface area (Å²) in [6.45, 7) is 0. The number of aromatic nitrogens is 2. The van der Waals surface area contributed by atoms with Gasteiger partial charge in [-0.15, -0.1) is 0 Å². The third-order valence-corrected chi connectivity index (χ3v) is 5.43. The zero-order chi connectivity index (χ0) is 13.7. The Morgan fingerprint density at radius 2 is 2.25 bits per heavy atom. The van der Waals surface area contributed by atoms with E-state index in [-0.39, 0.29) is 0 Å². The van der Waals surface area contributed by atoms with Gasteiger partial charge in [0.05, 0.1) is 22.7 Å². The second-order valence-corrected chi connectivity index (χ2v) is 6.54. The van der Waals surface area contributed by atoms with Gasteiger partial charge in [-0.05, 0) is 55.2 Å². The second kappa shape index (κ2) is 4.34. The Labute approximate surface area is 119 Å². The summed E-state index contributed by atoms with van der Waals surface area (Å²) in [5.41, 5.74) is 2.80. The topological polar surface area (TPSA) is 41.6 Å². The standard InChI is InChI=1S/C17H19N3/c1-20-16-5-3-12(10-18)8-15(16)19-17(20)9-14-7-11-2-4-13(14)6-11/h3,5,8,11,13-14H,2,4,6-7,9H2,1H3. The van der Waals surface area contributed by atoms with Gasteiger partial charge >= 0.3 is 0 Å². The number of nitriles is 1. The molecule has 2 saturated carbocycles. The van der Waals surface area contributed by atoms with E-state index in [4.69, 9.17) is 10.2 Å². The van der Waals surface area contributed by atoms with Crippen molar-refractivity contribution in [2.75, 3.05) is 0 Å². The van der Waals surface area contributed by atoms with Gasteiger partial charge in [0.1, 0.15) is 5.82 Å². The molecule has 2 aromatic rings. The number of aryl methyl sites for hydroxylation is 1. The Kier molecular flexibility index (Phi) is 2.60. The first kappa shape index (κ1) is 12.0. The van der Waals surface area contributed by atoms with E-state index in [9.17, 15) is 0 Å². The van der Waals surface area contributed by atoms with Crippen molar-refractivity contribution in [2.24, 2.45) is 24.8 Å². The van der Waals surface area contributed by atoms with E-state index in [0.717, 1.165) is 35.2 Å². The number of imidazole rings is 1. The predicted molar refractivity (Wildman–Crippen MR) is 78.1 cm³/mol. The molecular weight excluding hydrogens is 246 g/mol. The van der Waals surface area contributed by atoms with Crippen LogP contribution in [0.4, 0.5) is 0 Å². The van der Waals surface area contributed by atoms with E-state index in [2.05, 4.69) is 17.7 Å². The lowest BCUT2D eigenvalue weighted by Crippen LogP contribution is -2.15. The van der Waals surface area contributed by atoms with Crippen molar-refractivity contribution < 1.29 is 0 Å². The molecule has 3 atom stereocenters. The monoisotopic (exact) mass is 265 g/mol. The number of benzene rings is 1. The number of fused-ring (bicyclic) bond motifs is 3. The van der Waals surface area contributed by atoms with Gasteiger partial charge in [-0.3, -0.25) is 0 Å². The van der Waals surface area contributed by atoms with E-state index < -0.39 is 0 Å². The average molecular weight is 265 g/mol. The molecule has 2 aliphatic rings. The summed E-state index contributed by atoms with van der Waals surface area (Å²) >= 11 is 0. The van der Waals surface area contributed by atoms with Gasteiger partial charge in [0.25, 0.3) is 0 Å². The van der Waals surface area contributed by atoms with E-state index in [1.165, 1.54) is 31.5 Å². The first-order valence-electron chi connectivity index (χ1n) is 7.60. The summed E-state index contributed by atoms with van der Waals surface area (Å²) in [6, 6.07) is 8.00. The highest BCUT2D eigenvalue weighted by atomic mass is 15.1. The van der Waals surface area contributed by atoms with Gasteiger partial charge in [-0.25, -0.2) is 4.98 Å². The van der Waals surface area contributed by atoms with Crippen molar-refractivity contribution in [3.8, 4) is 6.07 Å². The lowest BCUT2D eigenvalue weighted by atomic mass is 9.86. The molecule has 3 heteroatoms. The largest absolute Gasteiger partial charge is 0.331 e. The van der Waals surface area contributed by atoms with Crippen molar-refractivity contribution in [3.63, 3.8) is 0 Å². The minimum Gasteiger partial charge on any atom is -0.331 e. The van der Waals surface area contributed by atoms with E-state index in [1.54, 1.807) is 0 Å². The van der Waals surface area contributed by atoms with Crippen LogP contribution in [0.25, 0.3) is 11.0 Å². The van der Waals surface area contributed by atoms with Crippen molar-refractivity contribution in [2.45, 2.75) is 32.1 Å². The van der Waals surface area contributed by atoms with Gasteiger partial charge in [0, 0.05) is 13.5 Å². The van der Waals surface area contributed by atoms with E-state index in [0.29, 0.717) is 5.56 Å². The minimum atomic E-state index is 0.696. The van der Waals surface area contributed by atoms with Crippen LogP contribution in [0.1, 0.15) is 37.1 Å². The first-order chi connectivity index (χ1) is 9.74. The molecule has 2 bridgehead atoms. The van der Waals surface area contributed by atoms with Crippen molar-refractivity contribution in [1.82, 2.24) is 9.55 Å². The fourth-order valence-corrected chi connectivity index (χ4v) is 4.36. The molecule has 3 nitrogen and oxygen atoms in total. The molecule has 0 amide bonds. The normalized spacial score (nSPS) is 28.1. The van der Waals surface area contributed by atoms with Crippen LogP contribution in [-0.2, 0) is 13.5 Å². The Bertz CT molecular complexity index is 707. The average Bonchev–Trinajstić information content (AvgIpc) is 3.14. The number of nitrogens with zero attached hydrogens (tertiary/aromatic N) is 3. The third-order valence-electron chi connectivity index (χ3n) is 5.43. The molecule has 2 fully saturated rings. The molecule has 0 spiro atoms. The molecule has 1 heterocycles. The Morgan fingerprint density at radius 1 is 1.35 bits per heavy atom. The van der Waals surface area contributed by atoms with Crippen LogP contribution in [0.5, 0.6) is 0 Å². The zero-order valence-corrected chi connectivity index (χ0v) is 11.8. The summed E-state index contributed by atoms with van der Waals surface area (Å²) < 4.78 is 2.21. The summed E-state index contributed by atoms with van der Waals surface area (Å²) in [4.78, 5) is 4.78. The van der Waals surface area contributed by atoms with E-state index >= 15 is 0 Å². The van der Waals surface area contributed by atoms with Crippen LogP contribution in [0, 0.1) is 29.1 Å². The molecule has 1 aromatic heterocycles. The fourth-order valence-electron chi connectivity index (χ4n) is 4.36. The number of rotatable bonds is 2. The van der Waals surface area contributed by atoms with Gasteiger partial charge < -0.3 is 4.57 Å². The van der Waals surface area contributed by atoms with Crippen molar-refractivity contribution >= 4 is 11.0 Å². The van der Waals surface area contributed by atoms with Crippen LogP contribution in [0.2, 0.25) is 0 Å². The zero-order valence-electron chi connectivity index (χ0n) is 11.8. The highest BCUT2D eigenvalue weighted by molar-refractivity contribution is 5.77. The Morgan fingerprint density at radius 3 is 2.95 bits per heavy atom. The number of hydrogen-bond donors (Lipinski definition) is 0. The molecule has 20 heavy (non-hydrogen) atoms. The van der Waals surface area contributed by atoms with Crippen LogP contribution < -0.4 is 0 Å². The molecule has 0 saturated heterocycles. The maximum Gasteiger partial charge on any atom is 0.109 e. The first-order valence-corrected chi connectivity index (χ1v) is 7.60. The van der Waals surface area contributed by atoms with Gasteiger partial charge in [-0.2, -0.15) is 5.26 Å². The Hall–Kier alpha value is -1.82. The molecule has 3 unspecified atom stereocenters. The summed E-state index contributed by atoms with van der Waals surface area (Å²) in [5.74, 6) is 3.95. The van der Waals surface area contributed by atoms with Crippen LogP contribution >= 0.6 is 0 Å². The fraction of sp³-hybridized carbons (Fsp3) is 0.529. The molecular formula is C17H19N3. The van der Waals surface area contributed by atoms with Gasteiger partial charge in [0.15, 0.2) is 0 Å². The van der Waals surface area contributed by atoms with Gasteiger partial charge in [-0.1, -0.05) is 6.42 Å². The molecule has 4 rings (SSSR count). The lowest BCUT2D eigenvalue weighted by molar-refractivity contribution is 0.325. The second-order valence-electron chi connectivity index (χ2n) is 6.54. The van der Waals surface area contributed by atoms with Crippen molar-refractivity contribution in [3.05, 3.63) is 29.6 Å². The predicted octanol–water partition coefficient (Wildman–Crippen LogP) is 3.42. The summed E-state index contributed by atoms with van der Waals surface area (Å²) in [5, 5.41) is 8.99. The van der Waals surface area contributed by atoms with Crippen molar-refractivity contribution in [1.29, 1.82) is 5.26 Å². The smallest absolute Gasteiger partial charge is 0.109 e. The highest BCUT2D eigenvalue weighted by Gasteiger charge is 2.39. The molecule has 2 aliphatic carbocycles. The minimum absolute atomic E-state index is 0.696. The summed E-state index contributed by atoms with van der Waals surface area (Å²) in [6.07, 6.45) is 6.84. The summed E-state index contributed by atoms with van der Waals surface area (Å²) in [7, 11) is 2.10. The molecule has 0 radical (unpaired) electrons. The molecule has 1 aromatic carbocycles. The maximum atomic E-state index is 8.99. The van der Waals surface area contributed by atoms with E-state index in [1.807, 2.05) is 18.2 Å². The molecule has 0 N–H and O–H groups in total. The van der Waals surface area contributed by atoms with Crippen LogP contribution in [0.3, 0.4) is 0 Å². The van der Waals surface area contributed by atoms with Gasteiger partial charge in [0.2, 0.25) is 0 Å². The maximum absolute atomic E-state index is 8.99. The third kappa shape index (κ3) is 1.75. The van der Waals surface area contributed by atoms with Crippen LogP contribution in [-0.4, -0.2) is 9.55 Å². The quantitative estimate of drug-likeness (QED) is 0.834. The lowest BCUT2D eigenvalue weighted by Gasteiger charge is -2.21. The highest BCUT2D eigenvalue weighted by Crippen LogP contribution is 2.49. The molecule has 0 aliphatic heterocycles. The number of hydrogen-bond acceptors (Lipinski definition) is 2. The Balaban J connectivity index is 1.66. The molecule has 102 valence electrons. The SMILES string of the molecule is Cn1c(CC2CC3CCC2C3)nc2cc(C#N)ccc21.